The van der Waals surface area contributed by atoms with Gasteiger partial charge in [-0.25, -0.2) is 0 Å². The number of amides is 1. The summed E-state index contributed by atoms with van der Waals surface area (Å²) >= 11 is 1.83. The minimum absolute atomic E-state index is 0.0680. The van der Waals surface area contributed by atoms with Crippen molar-refractivity contribution in [1.29, 1.82) is 0 Å². The first-order chi connectivity index (χ1) is 6.97. The lowest BCUT2D eigenvalue weighted by Gasteiger charge is -2.23. The van der Waals surface area contributed by atoms with E-state index in [2.05, 4.69) is 25.3 Å². The van der Waals surface area contributed by atoms with Crippen LogP contribution in [-0.2, 0) is 4.79 Å². The lowest BCUT2D eigenvalue weighted by molar-refractivity contribution is -0.131. The van der Waals surface area contributed by atoms with Gasteiger partial charge in [0.25, 0.3) is 0 Å². The number of likely N-dealkylation sites (tertiary alicyclic amines) is 1. The summed E-state index contributed by atoms with van der Waals surface area (Å²) in [5.41, 5.74) is 5.61. The summed E-state index contributed by atoms with van der Waals surface area (Å²) in [6, 6.07) is 0.0659. The van der Waals surface area contributed by atoms with Gasteiger partial charge in [0.05, 0.1) is 6.04 Å². The summed E-state index contributed by atoms with van der Waals surface area (Å²) in [6.45, 7) is 3.38. The van der Waals surface area contributed by atoms with Gasteiger partial charge in [0.2, 0.25) is 5.91 Å². The zero-order chi connectivity index (χ0) is 11.6. The van der Waals surface area contributed by atoms with E-state index in [1.165, 1.54) is 0 Å². The van der Waals surface area contributed by atoms with Crippen molar-refractivity contribution in [2.75, 3.05) is 33.4 Å². The van der Waals surface area contributed by atoms with Gasteiger partial charge < -0.3 is 15.5 Å². The third-order valence-corrected chi connectivity index (χ3v) is 3.97. The zero-order valence-electron chi connectivity index (χ0n) is 9.93. The van der Waals surface area contributed by atoms with Crippen LogP contribution >= 0.6 is 11.8 Å². The maximum atomic E-state index is 11.7. The SMILES string of the molecule is CSC1CN(C(=O)C(C)N)CC1N(C)C. The van der Waals surface area contributed by atoms with E-state index in [0.29, 0.717) is 11.3 Å². The van der Waals surface area contributed by atoms with Gasteiger partial charge in [-0.1, -0.05) is 0 Å². The van der Waals surface area contributed by atoms with Crippen molar-refractivity contribution in [3.63, 3.8) is 0 Å². The van der Waals surface area contributed by atoms with Crippen LogP contribution in [0.15, 0.2) is 0 Å². The highest BCUT2D eigenvalue weighted by Crippen LogP contribution is 2.24. The van der Waals surface area contributed by atoms with E-state index in [0.717, 1.165) is 13.1 Å². The zero-order valence-corrected chi connectivity index (χ0v) is 10.8. The third-order valence-electron chi connectivity index (χ3n) is 2.90. The highest BCUT2D eigenvalue weighted by atomic mass is 32.2. The molecular weight excluding hydrogens is 210 g/mol. The summed E-state index contributed by atoms with van der Waals surface area (Å²) in [5, 5.41) is 0.503. The van der Waals surface area contributed by atoms with E-state index >= 15 is 0 Å². The van der Waals surface area contributed by atoms with Crippen LogP contribution in [0.5, 0.6) is 0 Å². The fourth-order valence-corrected chi connectivity index (χ4v) is 2.92. The summed E-state index contributed by atoms with van der Waals surface area (Å²) in [5.74, 6) is 0.0680. The summed E-state index contributed by atoms with van der Waals surface area (Å²) in [6.07, 6.45) is 2.10. The van der Waals surface area contributed by atoms with E-state index in [9.17, 15) is 4.79 Å². The molecule has 0 saturated carbocycles. The Morgan fingerprint density at radius 2 is 2.13 bits per heavy atom. The van der Waals surface area contributed by atoms with E-state index < -0.39 is 0 Å². The first-order valence-corrected chi connectivity index (χ1v) is 6.49. The third kappa shape index (κ3) is 2.86. The molecule has 4 nitrogen and oxygen atoms in total. The van der Waals surface area contributed by atoms with Gasteiger partial charge in [-0.15, -0.1) is 0 Å². The van der Waals surface area contributed by atoms with Crippen molar-refractivity contribution < 1.29 is 4.79 Å². The number of likely N-dealkylation sites (N-methyl/N-ethyl adjacent to an activating group) is 1. The Morgan fingerprint density at radius 1 is 1.53 bits per heavy atom. The normalized spacial score (nSPS) is 28.5. The maximum Gasteiger partial charge on any atom is 0.239 e. The molecule has 0 spiro atoms. The van der Waals surface area contributed by atoms with Gasteiger partial charge in [-0.3, -0.25) is 4.79 Å². The quantitative estimate of drug-likeness (QED) is 0.733. The first-order valence-electron chi connectivity index (χ1n) is 5.21. The molecule has 1 rings (SSSR count). The van der Waals surface area contributed by atoms with Gasteiger partial charge in [0.1, 0.15) is 0 Å². The van der Waals surface area contributed by atoms with Gasteiger partial charge in [0, 0.05) is 24.4 Å². The Bertz CT molecular complexity index is 233. The molecule has 0 aliphatic carbocycles. The van der Waals surface area contributed by atoms with Crippen LogP contribution in [0.3, 0.4) is 0 Å². The summed E-state index contributed by atoms with van der Waals surface area (Å²) < 4.78 is 0. The summed E-state index contributed by atoms with van der Waals surface area (Å²) in [4.78, 5) is 15.8. The molecule has 3 atom stereocenters. The molecule has 5 heteroatoms. The minimum Gasteiger partial charge on any atom is -0.339 e. The first kappa shape index (κ1) is 12.8. The number of nitrogens with two attached hydrogens (primary N) is 1. The lowest BCUT2D eigenvalue weighted by atomic mass is 10.2. The number of hydrogen-bond acceptors (Lipinski definition) is 4. The second-order valence-corrected chi connectivity index (χ2v) is 5.41. The topological polar surface area (TPSA) is 49.6 Å². The number of hydrogen-bond donors (Lipinski definition) is 1. The fourth-order valence-electron chi connectivity index (χ4n) is 1.95. The average Bonchev–Trinajstić information content (AvgIpc) is 2.59. The smallest absolute Gasteiger partial charge is 0.239 e. The molecule has 0 bridgehead atoms. The second-order valence-electron chi connectivity index (χ2n) is 4.34. The lowest BCUT2D eigenvalue weighted by Crippen LogP contribution is -2.42. The van der Waals surface area contributed by atoms with E-state index in [4.69, 9.17) is 5.73 Å². The van der Waals surface area contributed by atoms with Crippen molar-refractivity contribution in [3.8, 4) is 0 Å². The molecular formula is C10H21N3OS. The van der Waals surface area contributed by atoms with Crippen LogP contribution in [0.2, 0.25) is 0 Å². The molecule has 0 radical (unpaired) electrons. The molecule has 1 fully saturated rings. The van der Waals surface area contributed by atoms with Crippen LogP contribution in [0.25, 0.3) is 0 Å². The summed E-state index contributed by atoms with van der Waals surface area (Å²) in [7, 11) is 4.13. The molecule has 88 valence electrons. The Labute approximate surface area is 96.2 Å². The predicted molar refractivity (Wildman–Crippen MR) is 65.0 cm³/mol. The van der Waals surface area contributed by atoms with Gasteiger partial charge >= 0.3 is 0 Å². The molecule has 0 aromatic carbocycles. The van der Waals surface area contributed by atoms with E-state index in [1.807, 2.05) is 16.7 Å². The van der Waals surface area contributed by atoms with Crippen LogP contribution < -0.4 is 5.73 Å². The Hall–Kier alpha value is -0.260. The highest BCUT2D eigenvalue weighted by molar-refractivity contribution is 7.99. The van der Waals surface area contributed by atoms with Gasteiger partial charge in [0.15, 0.2) is 0 Å². The Kier molecular flexibility index (Phi) is 4.43. The maximum absolute atomic E-state index is 11.7. The van der Waals surface area contributed by atoms with E-state index in [-0.39, 0.29) is 11.9 Å². The number of nitrogens with zero attached hydrogens (tertiary/aromatic N) is 2. The molecule has 15 heavy (non-hydrogen) atoms. The Morgan fingerprint density at radius 3 is 2.47 bits per heavy atom. The van der Waals surface area contributed by atoms with Gasteiger partial charge in [-0.05, 0) is 27.3 Å². The van der Waals surface area contributed by atoms with Crippen molar-refractivity contribution in [1.82, 2.24) is 9.80 Å². The molecule has 3 unspecified atom stereocenters. The van der Waals surface area contributed by atoms with Crippen molar-refractivity contribution in [2.45, 2.75) is 24.3 Å². The molecule has 1 heterocycles. The molecule has 1 saturated heterocycles. The second kappa shape index (κ2) is 5.18. The van der Waals surface area contributed by atoms with Crippen molar-refractivity contribution in [3.05, 3.63) is 0 Å². The van der Waals surface area contributed by atoms with Crippen LogP contribution in [0, 0.1) is 0 Å². The molecule has 2 N–H and O–H groups in total. The largest absolute Gasteiger partial charge is 0.339 e. The highest BCUT2D eigenvalue weighted by Gasteiger charge is 2.36. The van der Waals surface area contributed by atoms with Gasteiger partial charge in [-0.2, -0.15) is 11.8 Å². The number of carbonyl (C=O) groups is 1. The number of rotatable bonds is 3. The molecule has 1 aliphatic rings. The monoisotopic (exact) mass is 231 g/mol. The number of thioether (sulfide) groups is 1. The van der Waals surface area contributed by atoms with Crippen LogP contribution in [0.4, 0.5) is 0 Å². The van der Waals surface area contributed by atoms with Crippen molar-refractivity contribution in [2.24, 2.45) is 5.73 Å². The average molecular weight is 231 g/mol. The number of carbonyl (C=O) groups excluding carboxylic acids is 1. The molecule has 0 aromatic heterocycles. The van der Waals surface area contributed by atoms with Crippen LogP contribution in [-0.4, -0.2) is 66.5 Å². The minimum atomic E-state index is -0.381. The molecule has 1 aliphatic heterocycles. The predicted octanol–water partition coefficient (Wildman–Crippen LogP) is -0.162. The standard InChI is InChI=1S/C10H21N3OS/c1-7(11)10(14)13-5-8(12(2)3)9(6-13)15-4/h7-9H,5-6,11H2,1-4H3. The Balaban J connectivity index is 2.64. The molecule has 0 aromatic rings. The molecule has 1 amide bonds. The van der Waals surface area contributed by atoms with E-state index in [1.54, 1.807) is 6.92 Å². The van der Waals surface area contributed by atoms with Crippen LogP contribution in [0.1, 0.15) is 6.92 Å². The fraction of sp³-hybridized carbons (Fsp3) is 0.900. The van der Waals surface area contributed by atoms with Crippen molar-refractivity contribution >= 4 is 17.7 Å².